The van der Waals surface area contributed by atoms with Crippen LogP contribution < -0.4 is 10.6 Å². The zero-order valence-corrected chi connectivity index (χ0v) is 20.8. The van der Waals surface area contributed by atoms with Crippen LogP contribution in [0.25, 0.3) is 10.9 Å². The van der Waals surface area contributed by atoms with Crippen LogP contribution in [0.1, 0.15) is 70.9 Å². The Hall–Kier alpha value is -3.23. The number of hydrogen-bond acceptors (Lipinski definition) is 6. The zero-order valence-electron chi connectivity index (χ0n) is 20.0. The summed E-state index contributed by atoms with van der Waals surface area (Å²) in [4.78, 5) is 39.3. The molecule has 3 aromatic rings. The largest absolute Gasteiger partial charge is 0.383 e. The molecule has 2 N–H and O–H groups in total. The average Bonchev–Trinajstić information content (AvgIpc) is 3.48. The predicted molar refractivity (Wildman–Crippen MR) is 136 cm³/mol. The van der Waals surface area contributed by atoms with Crippen molar-refractivity contribution < 1.29 is 14.3 Å². The van der Waals surface area contributed by atoms with Gasteiger partial charge in [0.1, 0.15) is 11.5 Å². The van der Waals surface area contributed by atoms with Crippen LogP contribution in [0.4, 0.5) is 11.5 Å². The lowest BCUT2D eigenvalue weighted by Crippen LogP contribution is -2.39. The molecule has 1 spiro atoms. The molecular weight excluding hydrogens is 478 g/mol. The first-order valence-electron chi connectivity index (χ1n) is 12.5. The van der Waals surface area contributed by atoms with Gasteiger partial charge in [-0.1, -0.05) is 17.7 Å². The molecule has 1 atom stereocenters. The number of rotatable bonds is 2. The van der Waals surface area contributed by atoms with E-state index >= 15 is 0 Å². The van der Waals surface area contributed by atoms with E-state index in [1.165, 1.54) is 0 Å². The molecule has 1 saturated heterocycles. The van der Waals surface area contributed by atoms with E-state index < -0.39 is 5.41 Å². The summed E-state index contributed by atoms with van der Waals surface area (Å²) in [6.45, 7) is 1.52. The highest BCUT2D eigenvalue weighted by Crippen LogP contribution is 2.59. The van der Waals surface area contributed by atoms with Crippen molar-refractivity contribution in [2.75, 3.05) is 24.2 Å². The van der Waals surface area contributed by atoms with Crippen LogP contribution in [0, 0.1) is 0 Å². The van der Waals surface area contributed by atoms with E-state index in [2.05, 4.69) is 16.0 Å². The molecule has 4 aliphatic rings. The number of fused-ring (bicyclic) bond motifs is 5. The molecule has 8 nitrogen and oxygen atoms in total. The average molecular weight is 504 g/mol. The first kappa shape index (κ1) is 22.0. The summed E-state index contributed by atoms with van der Waals surface area (Å²) in [7, 11) is 1.80. The number of carbonyl (C=O) groups excluding carboxylic acids is 2. The minimum Gasteiger partial charge on any atom is -0.383 e. The smallest absolute Gasteiger partial charge is 0.272 e. The Bertz CT molecular complexity index is 1480. The molecule has 7 rings (SSSR count). The van der Waals surface area contributed by atoms with E-state index in [4.69, 9.17) is 22.1 Å². The Morgan fingerprint density at radius 1 is 1.19 bits per heavy atom. The van der Waals surface area contributed by atoms with Crippen molar-refractivity contribution in [3.63, 3.8) is 0 Å². The van der Waals surface area contributed by atoms with Crippen molar-refractivity contribution in [1.29, 1.82) is 0 Å². The van der Waals surface area contributed by atoms with Crippen LogP contribution in [0.3, 0.4) is 0 Å². The normalized spacial score (nSPS) is 21.8. The molecule has 1 unspecified atom stereocenters. The standard InChI is InChI=1S/C27H26ClN5O3/c1-32-23-18(27(5-6-27)26(32)35)8-14(9-19(23)28)22-4-2-3-7-33(22)25(34)20-10-15-16-12-36-13-17(16)24(29)31-21(15)11-30-20/h8-11,22H,2-7,12-13H2,1H3,(H2,29,31). The number of likely N-dealkylation sites (N-methyl/N-ethyl adjacent to an activating group) is 1. The van der Waals surface area contributed by atoms with E-state index in [0.29, 0.717) is 41.8 Å². The van der Waals surface area contributed by atoms with Crippen molar-refractivity contribution in [3.8, 4) is 0 Å². The number of halogens is 1. The van der Waals surface area contributed by atoms with Gasteiger partial charge < -0.3 is 20.3 Å². The number of piperidine rings is 1. The Morgan fingerprint density at radius 2 is 2.00 bits per heavy atom. The number of aromatic nitrogens is 2. The van der Waals surface area contributed by atoms with Crippen LogP contribution in [0.5, 0.6) is 0 Å². The zero-order chi connectivity index (χ0) is 24.8. The predicted octanol–water partition coefficient (Wildman–Crippen LogP) is 4.27. The molecule has 1 aliphatic carbocycles. The third-order valence-electron chi connectivity index (χ3n) is 8.38. The summed E-state index contributed by atoms with van der Waals surface area (Å²) in [5, 5.41) is 1.43. The Kier molecular flexibility index (Phi) is 4.67. The van der Waals surface area contributed by atoms with Crippen LogP contribution in [0.2, 0.25) is 5.02 Å². The van der Waals surface area contributed by atoms with Gasteiger partial charge in [-0.3, -0.25) is 9.59 Å². The van der Waals surface area contributed by atoms with Gasteiger partial charge in [-0.2, -0.15) is 0 Å². The molecule has 5 heterocycles. The van der Waals surface area contributed by atoms with Crippen LogP contribution in [0.15, 0.2) is 24.4 Å². The lowest BCUT2D eigenvalue weighted by Gasteiger charge is -2.36. The second kappa shape index (κ2) is 7.63. The summed E-state index contributed by atoms with van der Waals surface area (Å²) in [5.74, 6) is 0.467. The first-order chi connectivity index (χ1) is 17.4. The van der Waals surface area contributed by atoms with Gasteiger partial charge in [-0.15, -0.1) is 0 Å². The molecule has 1 saturated carbocycles. The van der Waals surface area contributed by atoms with Gasteiger partial charge in [0, 0.05) is 24.5 Å². The van der Waals surface area contributed by atoms with Gasteiger partial charge in [0.15, 0.2) is 0 Å². The second-order valence-electron chi connectivity index (χ2n) is 10.4. The maximum atomic E-state index is 13.8. The summed E-state index contributed by atoms with van der Waals surface area (Å²) in [6, 6.07) is 5.76. The van der Waals surface area contributed by atoms with Crippen molar-refractivity contribution >= 4 is 45.8 Å². The van der Waals surface area contributed by atoms with E-state index in [-0.39, 0.29) is 17.9 Å². The van der Waals surface area contributed by atoms with Gasteiger partial charge >= 0.3 is 0 Å². The van der Waals surface area contributed by atoms with Crippen LogP contribution >= 0.6 is 11.6 Å². The second-order valence-corrected chi connectivity index (χ2v) is 10.8. The highest BCUT2D eigenvalue weighted by Gasteiger charge is 2.59. The highest BCUT2D eigenvalue weighted by molar-refractivity contribution is 6.35. The minimum atomic E-state index is -0.426. The van der Waals surface area contributed by atoms with E-state index in [0.717, 1.165) is 65.4 Å². The van der Waals surface area contributed by atoms with E-state index in [9.17, 15) is 9.59 Å². The fourth-order valence-electron chi connectivity index (χ4n) is 6.32. The number of nitrogens with two attached hydrogens (primary N) is 1. The molecule has 184 valence electrons. The number of ether oxygens (including phenoxy) is 1. The molecule has 2 fully saturated rings. The maximum Gasteiger partial charge on any atom is 0.272 e. The van der Waals surface area contributed by atoms with Crippen molar-refractivity contribution in [1.82, 2.24) is 14.9 Å². The summed E-state index contributed by atoms with van der Waals surface area (Å²) < 4.78 is 5.60. The van der Waals surface area contributed by atoms with E-state index in [1.807, 2.05) is 17.0 Å². The van der Waals surface area contributed by atoms with Crippen LogP contribution in [-0.2, 0) is 28.2 Å². The quantitative estimate of drug-likeness (QED) is 0.560. The summed E-state index contributed by atoms with van der Waals surface area (Å²) in [6.07, 6.45) is 6.12. The third-order valence-corrected chi connectivity index (χ3v) is 8.67. The SMILES string of the molecule is CN1C(=O)C2(CC2)c2cc(C3CCCCN3C(=O)c3cc4c5c(c(N)nc4cn3)COC5)cc(Cl)c21. The fraction of sp³-hybridized carbons (Fsp3) is 0.407. The molecule has 1 aromatic carbocycles. The van der Waals surface area contributed by atoms with Crippen molar-refractivity contribution in [2.45, 2.75) is 56.8 Å². The molecular formula is C27H26ClN5O3. The van der Waals surface area contributed by atoms with Gasteiger partial charge in [-0.25, -0.2) is 9.97 Å². The lowest BCUT2D eigenvalue weighted by atomic mass is 9.90. The minimum absolute atomic E-state index is 0.114. The van der Waals surface area contributed by atoms with Gasteiger partial charge in [0.25, 0.3) is 5.91 Å². The monoisotopic (exact) mass is 503 g/mol. The van der Waals surface area contributed by atoms with Gasteiger partial charge in [0.05, 0.1) is 47.1 Å². The number of nitrogen functional groups attached to an aromatic ring is 1. The van der Waals surface area contributed by atoms with E-state index in [1.54, 1.807) is 18.1 Å². The molecule has 0 bridgehead atoms. The number of hydrogen-bond donors (Lipinski definition) is 1. The van der Waals surface area contributed by atoms with Gasteiger partial charge in [-0.05, 0) is 60.9 Å². The molecule has 0 radical (unpaired) electrons. The highest BCUT2D eigenvalue weighted by atomic mass is 35.5. The molecule has 2 amide bonds. The number of carbonyl (C=O) groups is 2. The number of anilines is 2. The van der Waals surface area contributed by atoms with Crippen molar-refractivity contribution in [3.05, 3.63) is 57.4 Å². The first-order valence-corrected chi connectivity index (χ1v) is 12.8. The summed E-state index contributed by atoms with van der Waals surface area (Å²) in [5.41, 5.74) is 11.4. The Morgan fingerprint density at radius 3 is 2.81 bits per heavy atom. The number of benzene rings is 1. The number of likely N-dealkylation sites (tertiary alicyclic amines) is 1. The Labute approximate surface area is 213 Å². The molecule has 36 heavy (non-hydrogen) atoms. The molecule has 3 aliphatic heterocycles. The maximum absolute atomic E-state index is 13.8. The number of pyridine rings is 2. The van der Waals surface area contributed by atoms with Crippen LogP contribution in [-0.4, -0.2) is 40.3 Å². The van der Waals surface area contributed by atoms with Crippen molar-refractivity contribution in [2.24, 2.45) is 0 Å². The lowest BCUT2D eigenvalue weighted by molar-refractivity contribution is -0.119. The molecule has 2 aromatic heterocycles. The topological polar surface area (TPSA) is 102 Å². The number of nitrogens with zero attached hydrogens (tertiary/aromatic N) is 4. The molecule has 9 heteroatoms. The number of amides is 2. The Balaban J connectivity index is 1.28. The summed E-state index contributed by atoms with van der Waals surface area (Å²) >= 11 is 6.75. The third kappa shape index (κ3) is 2.97. The fourth-order valence-corrected chi connectivity index (χ4v) is 6.68. The van der Waals surface area contributed by atoms with Gasteiger partial charge in [0.2, 0.25) is 5.91 Å².